The Labute approximate surface area is 89.2 Å². The Morgan fingerprint density at radius 2 is 2.00 bits per heavy atom. The highest BCUT2D eigenvalue weighted by Gasteiger charge is 2.03. The van der Waals surface area contributed by atoms with Crippen molar-refractivity contribution in [2.24, 2.45) is 0 Å². The predicted molar refractivity (Wildman–Crippen MR) is 55.4 cm³/mol. The van der Waals surface area contributed by atoms with Crippen molar-refractivity contribution in [3.05, 3.63) is 34.0 Å². The van der Waals surface area contributed by atoms with E-state index in [-0.39, 0.29) is 0 Å². The number of aromatic nitrogens is 2. The average Bonchev–Trinajstić information content (AvgIpc) is 2.52. The number of halogens is 2. The zero-order chi connectivity index (χ0) is 9.26. The van der Waals surface area contributed by atoms with Crippen LogP contribution in [-0.4, -0.2) is 9.97 Å². The van der Waals surface area contributed by atoms with E-state index in [9.17, 15) is 0 Å². The largest absolute Gasteiger partial charge is 0.259 e. The van der Waals surface area contributed by atoms with Crippen LogP contribution in [0.15, 0.2) is 24.5 Å². The molecule has 2 rings (SSSR count). The van der Waals surface area contributed by atoms with Gasteiger partial charge >= 0.3 is 0 Å². The summed E-state index contributed by atoms with van der Waals surface area (Å²) in [6.45, 7) is 0. The Bertz CT molecular complexity index is 428. The predicted octanol–water partition coefficient (Wildman–Crippen LogP) is 3.51. The van der Waals surface area contributed by atoms with Gasteiger partial charge in [-0.15, -0.1) is 11.3 Å². The number of nitrogens with zero attached hydrogens (tertiary/aromatic N) is 2. The van der Waals surface area contributed by atoms with Crippen LogP contribution in [0.3, 0.4) is 0 Å². The highest BCUT2D eigenvalue weighted by molar-refractivity contribution is 7.19. The van der Waals surface area contributed by atoms with Crippen molar-refractivity contribution in [3.63, 3.8) is 0 Å². The Balaban J connectivity index is 2.46. The smallest absolute Gasteiger partial charge is 0.148 e. The summed E-state index contributed by atoms with van der Waals surface area (Å²) in [4.78, 5) is 9.02. The fourth-order valence-corrected chi connectivity index (χ4v) is 2.06. The molecule has 2 heterocycles. The van der Waals surface area contributed by atoms with Gasteiger partial charge in [0, 0.05) is 0 Å². The molecule has 0 aromatic carbocycles. The van der Waals surface area contributed by atoms with E-state index in [2.05, 4.69) is 9.97 Å². The first kappa shape index (κ1) is 8.94. The fraction of sp³-hybridized carbons (Fsp3) is 0. The minimum atomic E-state index is 0.391. The molecule has 2 nitrogen and oxygen atoms in total. The third kappa shape index (κ3) is 1.99. The highest BCUT2D eigenvalue weighted by atomic mass is 35.5. The Hall–Kier alpha value is -0.640. The van der Waals surface area contributed by atoms with Crippen LogP contribution in [0.5, 0.6) is 0 Å². The molecule has 0 aliphatic carbocycles. The molecule has 0 saturated heterocycles. The molecule has 0 saturated carbocycles. The molecule has 0 unspecified atom stereocenters. The molecule has 0 aliphatic heterocycles. The van der Waals surface area contributed by atoms with Gasteiger partial charge < -0.3 is 0 Å². The zero-order valence-electron chi connectivity index (χ0n) is 6.37. The Morgan fingerprint density at radius 1 is 1.15 bits per heavy atom. The molecule has 0 bridgehead atoms. The van der Waals surface area contributed by atoms with Gasteiger partial charge in [0.2, 0.25) is 0 Å². The van der Waals surface area contributed by atoms with E-state index in [1.165, 1.54) is 17.5 Å². The molecular formula is C8H4Cl2N2S. The van der Waals surface area contributed by atoms with Crippen LogP contribution in [0.2, 0.25) is 9.49 Å². The molecule has 2 aromatic rings. The second-order valence-electron chi connectivity index (χ2n) is 2.33. The van der Waals surface area contributed by atoms with Crippen molar-refractivity contribution in [2.75, 3.05) is 0 Å². The Morgan fingerprint density at radius 3 is 2.62 bits per heavy atom. The quantitative estimate of drug-likeness (QED) is 0.750. The van der Waals surface area contributed by atoms with Gasteiger partial charge in [-0.2, -0.15) is 0 Å². The lowest BCUT2D eigenvalue weighted by Crippen LogP contribution is -1.82. The van der Waals surface area contributed by atoms with Crippen molar-refractivity contribution in [2.45, 2.75) is 0 Å². The van der Waals surface area contributed by atoms with E-state index in [4.69, 9.17) is 23.2 Å². The van der Waals surface area contributed by atoms with E-state index >= 15 is 0 Å². The van der Waals surface area contributed by atoms with Gasteiger partial charge in [-0.25, -0.2) is 4.98 Å². The van der Waals surface area contributed by atoms with Gasteiger partial charge in [-0.05, 0) is 12.1 Å². The summed E-state index contributed by atoms with van der Waals surface area (Å²) in [7, 11) is 0. The van der Waals surface area contributed by atoms with Gasteiger partial charge in [0.1, 0.15) is 10.8 Å². The lowest BCUT2D eigenvalue weighted by molar-refractivity contribution is 1.21. The molecule has 0 spiro atoms. The number of hydrogen-bond acceptors (Lipinski definition) is 3. The van der Waals surface area contributed by atoms with E-state index in [1.807, 2.05) is 12.1 Å². The lowest BCUT2D eigenvalue weighted by Gasteiger charge is -1.94. The van der Waals surface area contributed by atoms with Crippen LogP contribution in [0, 0.1) is 0 Å². The third-order valence-corrected chi connectivity index (χ3v) is 2.87. The molecule has 0 aliphatic rings. The number of hydrogen-bond donors (Lipinski definition) is 0. The Kier molecular flexibility index (Phi) is 2.49. The SMILES string of the molecule is Clc1cncc(-c2ccc(Cl)s2)n1. The first-order valence-electron chi connectivity index (χ1n) is 3.49. The maximum atomic E-state index is 5.79. The summed E-state index contributed by atoms with van der Waals surface area (Å²) in [6, 6.07) is 3.72. The topological polar surface area (TPSA) is 25.8 Å². The minimum absolute atomic E-state index is 0.391. The normalized spacial score (nSPS) is 10.3. The molecule has 0 fully saturated rings. The van der Waals surface area contributed by atoms with Crippen molar-refractivity contribution in [3.8, 4) is 10.6 Å². The second kappa shape index (κ2) is 3.62. The van der Waals surface area contributed by atoms with Crippen molar-refractivity contribution in [1.82, 2.24) is 9.97 Å². The highest BCUT2D eigenvalue weighted by Crippen LogP contribution is 2.29. The standard InChI is InChI=1S/C8H4Cl2N2S/c9-7-4-11-3-5(12-7)6-1-2-8(10)13-6/h1-4H. The van der Waals surface area contributed by atoms with Crippen LogP contribution in [0.4, 0.5) is 0 Å². The molecule has 0 radical (unpaired) electrons. The molecular weight excluding hydrogens is 227 g/mol. The molecule has 2 aromatic heterocycles. The van der Waals surface area contributed by atoms with Gasteiger partial charge in [0.25, 0.3) is 0 Å². The molecule has 5 heteroatoms. The molecule has 0 atom stereocenters. The van der Waals surface area contributed by atoms with Crippen LogP contribution in [0.1, 0.15) is 0 Å². The van der Waals surface area contributed by atoms with Gasteiger partial charge in [0.05, 0.1) is 21.6 Å². The summed E-state index contributed by atoms with van der Waals surface area (Å²) >= 11 is 12.9. The van der Waals surface area contributed by atoms with Gasteiger partial charge in [0.15, 0.2) is 0 Å². The van der Waals surface area contributed by atoms with Crippen LogP contribution in [0.25, 0.3) is 10.6 Å². The first-order valence-corrected chi connectivity index (χ1v) is 5.06. The van der Waals surface area contributed by atoms with E-state index < -0.39 is 0 Å². The lowest BCUT2D eigenvalue weighted by atomic mass is 10.4. The summed E-state index contributed by atoms with van der Waals surface area (Å²) in [5.41, 5.74) is 0.754. The summed E-state index contributed by atoms with van der Waals surface area (Å²) in [6.07, 6.45) is 3.16. The van der Waals surface area contributed by atoms with E-state index in [0.29, 0.717) is 5.15 Å². The van der Waals surface area contributed by atoms with Crippen molar-refractivity contribution >= 4 is 34.5 Å². The van der Waals surface area contributed by atoms with Crippen LogP contribution in [-0.2, 0) is 0 Å². The molecule has 13 heavy (non-hydrogen) atoms. The third-order valence-electron chi connectivity index (χ3n) is 1.43. The second-order valence-corrected chi connectivity index (χ2v) is 4.43. The zero-order valence-corrected chi connectivity index (χ0v) is 8.70. The molecule has 0 N–H and O–H groups in total. The van der Waals surface area contributed by atoms with Crippen molar-refractivity contribution in [1.29, 1.82) is 0 Å². The summed E-state index contributed by atoms with van der Waals surface area (Å²) < 4.78 is 0.733. The summed E-state index contributed by atoms with van der Waals surface area (Å²) in [5, 5.41) is 0.391. The van der Waals surface area contributed by atoms with E-state index in [1.54, 1.807) is 6.20 Å². The number of thiophene rings is 1. The maximum Gasteiger partial charge on any atom is 0.148 e. The maximum absolute atomic E-state index is 5.79. The van der Waals surface area contributed by atoms with E-state index in [0.717, 1.165) is 14.9 Å². The minimum Gasteiger partial charge on any atom is -0.259 e. The molecule has 0 amide bonds. The number of rotatable bonds is 1. The van der Waals surface area contributed by atoms with Crippen LogP contribution < -0.4 is 0 Å². The monoisotopic (exact) mass is 230 g/mol. The van der Waals surface area contributed by atoms with Gasteiger partial charge in [-0.1, -0.05) is 23.2 Å². The van der Waals surface area contributed by atoms with Gasteiger partial charge in [-0.3, -0.25) is 4.98 Å². The first-order chi connectivity index (χ1) is 6.25. The summed E-state index contributed by atoms with van der Waals surface area (Å²) in [5.74, 6) is 0. The average molecular weight is 231 g/mol. The van der Waals surface area contributed by atoms with Crippen LogP contribution >= 0.6 is 34.5 Å². The molecule has 66 valence electrons. The fourth-order valence-electron chi connectivity index (χ4n) is 0.913. The van der Waals surface area contributed by atoms with Crippen molar-refractivity contribution < 1.29 is 0 Å².